The van der Waals surface area contributed by atoms with Gasteiger partial charge in [-0.15, -0.1) is 33.8 Å². The van der Waals surface area contributed by atoms with Crippen LogP contribution in [0.2, 0.25) is 33.2 Å². The maximum atomic E-state index is 4.04. The number of rotatable bonds is 20. The first-order chi connectivity index (χ1) is 30.6. The summed E-state index contributed by atoms with van der Waals surface area (Å²) in [6.07, 6.45) is 12.6. The fraction of sp³-hybridized carbons (Fsp3) is 0.500. The molecular formula is C60H82S2Si2. The Morgan fingerprint density at radius 2 is 0.641 bits per heavy atom. The summed E-state index contributed by atoms with van der Waals surface area (Å²) in [5, 5.41) is 0. The van der Waals surface area contributed by atoms with Gasteiger partial charge in [-0.05, 0) is 104 Å². The van der Waals surface area contributed by atoms with Gasteiger partial charge in [-0.3, -0.25) is 0 Å². The molecule has 5 rings (SSSR count). The van der Waals surface area contributed by atoms with Crippen LogP contribution in [0.5, 0.6) is 0 Å². The molecule has 342 valence electrons. The predicted molar refractivity (Wildman–Crippen MR) is 295 cm³/mol. The molecule has 0 aliphatic heterocycles. The lowest BCUT2D eigenvalue weighted by molar-refractivity contribution is 0.670. The normalized spacial score (nSPS) is 12.2. The molecule has 5 aromatic rings. The lowest BCUT2D eigenvalue weighted by Gasteiger charge is -2.38. The Balaban J connectivity index is 1.40. The standard InChI is InChI=1S/C60H82S2Si2/c1-15-17-19-21-23-55-41-57(59(61-55)37-39-63(43(3)4,44(5)6)45(7)8)53-33-29-51(30-34-53)49-25-27-50(28-26-49)52-31-35-54(36-32-52)58-42-56(24-22-20-18-16-2)62-60(58)38-40-64(46(9)10,47(11)12)48(13)14/h25-36,41-48H,15-24H2,1-14H3. The lowest BCUT2D eigenvalue weighted by atomic mass is 9.97. The van der Waals surface area contributed by atoms with Crippen molar-refractivity contribution < 1.29 is 0 Å². The zero-order valence-electron chi connectivity index (χ0n) is 42.4. The van der Waals surface area contributed by atoms with Crippen LogP contribution in [-0.2, 0) is 12.8 Å². The summed E-state index contributed by atoms with van der Waals surface area (Å²) in [7, 11) is -3.69. The Bertz CT molecular complexity index is 2110. The van der Waals surface area contributed by atoms with Crippen molar-refractivity contribution in [3.05, 3.63) is 104 Å². The number of thiophene rings is 2. The van der Waals surface area contributed by atoms with E-state index < -0.39 is 16.1 Å². The van der Waals surface area contributed by atoms with Gasteiger partial charge in [-0.1, -0.05) is 220 Å². The molecule has 4 heteroatoms. The van der Waals surface area contributed by atoms with Crippen LogP contribution < -0.4 is 0 Å². The van der Waals surface area contributed by atoms with Crippen molar-refractivity contribution in [2.24, 2.45) is 0 Å². The summed E-state index contributed by atoms with van der Waals surface area (Å²) in [4.78, 5) is 5.46. The van der Waals surface area contributed by atoms with E-state index in [0.717, 1.165) is 12.8 Å². The Morgan fingerprint density at radius 3 is 0.891 bits per heavy atom. The molecule has 0 atom stereocenters. The first-order valence-corrected chi connectivity index (χ1v) is 31.3. The molecule has 64 heavy (non-hydrogen) atoms. The summed E-state index contributed by atoms with van der Waals surface area (Å²) in [6, 6.07) is 32.6. The molecule has 0 fully saturated rings. The number of aryl methyl sites for hydroxylation is 2. The number of hydrogen-bond acceptors (Lipinski definition) is 2. The Hall–Kier alpha value is -3.39. The highest BCUT2D eigenvalue weighted by Crippen LogP contribution is 2.43. The molecule has 0 saturated carbocycles. The van der Waals surface area contributed by atoms with Crippen LogP contribution in [0.4, 0.5) is 0 Å². The second-order valence-electron chi connectivity index (χ2n) is 20.6. The van der Waals surface area contributed by atoms with Gasteiger partial charge in [-0.2, -0.15) is 0 Å². The van der Waals surface area contributed by atoms with Crippen LogP contribution in [-0.4, -0.2) is 16.1 Å². The van der Waals surface area contributed by atoms with E-state index in [2.05, 4.69) is 205 Å². The highest BCUT2D eigenvalue weighted by Gasteiger charge is 2.42. The lowest BCUT2D eigenvalue weighted by Crippen LogP contribution is -2.43. The predicted octanol–water partition coefficient (Wildman–Crippen LogP) is 19.9. The summed E-state index contributed by atoms with van der Waals surface area (Å²) in [5.74, 6) is 7.72. The molecule has 0 bridgehead atoms. The van der Waals surface area contributed by atoms with E-state index in [1.165, 1.54) is 115 Å². The van der Waals surface area contributed by atoms with Crippen molar-refractivity contribution in [1.29, 1.82) is 0 Å². The molecule has 0 aliphatic carbocycles. The van der Waals surface area contributed by atoms with Crippen molar-refractivity contribution in [3.8, 4) is 67.4 Å². The van der Waals surface area contributed by atoms with Crippen molar-refractivity contribution in [2.75, 3.05) is 0 Å². The zero-order chi connectivity index (χ0) is 46.6. The summed E-state index contributed by atoms with van der Waals surface area (Å²) in [5.41, 5.74) is 22.0. The first kappa shape index (κ1) is 51.6. The third-order valence-corrected chi connectivity index (χ3v) is 29.4. The monoisotopic (exact) mass is 923 g/mol. The zero-order valence-corrected chi connectivity index (χ0v) is 46.1. The largest absolute Gasteiger partial charge is 0.146 e. The molecule has 0 amide bonds. The number of hydrogen-bond donors (Lipinski definition) is 0. The van der Waals surface area contributed by atoms with Gasteiger partial charge >= 0.3 is 0 Å². The van der Waals surface area contributed by atoms with E-state index in [1.54, 1.807) is 0 Å². The molecule has 0 unspecified atom stereocenters. The van der Waals surface area contributed by atoms with Crippen molar-refractivity contribution in [3.63, 3.8) is 0 Å². The fourth-order valence-electron chi connectivity index (χ4n) is 10.9. The molecule has 0 aliphatic rings. The van der Waals surface area contributed by atoms with Crippen LogP contribution in [0.3, 0.4) is 0 Å². The average Bonchev–Trinajstić information content (AvgIpc) is 3.87. The van der Waals surface area contributed by atoms with Crippen LogP contribution in [0.15, 0.2) is 84.9 Å². The first-order valence-electron chi connectivity index (χ1n) is 25.2. The maximum Gasteiger partial charge on any atom is 0.146 e. The smallest absolute Gasteiger partial charge is 0.131 e. The van der Waals surface area contributed by atoms with Gasteiger partial charge in [0.25, 0.3) is 0 Å². The van der Waals surface area contributed by atoms with Gasteiger partial charge in [0.05, 0.1) is 9.75 Å². The minimum atomic E-state index is -1.85. The van der Waals surface area contributed by atoms with Gasteiger partial charge in [0.1, 0.15) is 16.1 Å². The van der Waals surface area contributed by atoms with Crippen molar-refractivity contribution in [1.82, 2.24) is 0 Å². The van der Waals surface area contributed by atoms with E-state index >= 15 is 0 Å². The van der Waals surface area contributed by atoms with E-state index in [1.807, 2.05) is 22.7 Å². The highest BCUT2D eigenvalue weighted by atomic mass is 32.1. The van der Waals surface area contributed by atoms with Crippen molar-refractivity contribution >= 4 is 38.8 Å². The summed E-state index contributed by atoms with van der Waals surface area (Å²) >= 11 is 3.89. The van der Waals surface area contributed by atoms with E-state index in [9.17, 15) is 0 Å². The Morgan fingerprint density at radius 1 is 0.375 bits per heavy atom. The molecular weight excluding hydrogens is 841 g/mol. The third kappa shape index (κ3) is 12.1. The van der Waals surface area contributed by atoms with Gasteiger partial charge in [0, 0.05) is 20.9 Å². The Kier molecular flexibility index (Phi) is 19.2. The topological polar surface area (TPSA) is 0 Å². The maximum absolute atomic E-state index is 4.04. The second-order valence-corrected chi connectivity index (χ2v) is 34.0. The van der Waals surface area contributed by atoms with Crippen LogP contribution in [0.1, 0.15) is 168 Å². The molecule has 0 N–H and O–H groups in total. The van der Waals surface area contributed by atoms with E-state index in [-0.39, 0.29) is 0 Å². The SMILES string of the molecule is CCCCCCc1cc(-c2ccc(-c3ccc(-c4ccc(-c5cc(CCCCCC)sc5C#C[Si](C(C)C)(C(C)C)C(C)C)cc4)cc3)cc2)c(C#C[Si](C(C)C)(C(C)C)C(C)C)s1. The van der Waals surface area contributed by atoms with E-state index in [0.29, 0.717) is 33.2 Å². The molecule has 0 saturated heterocycles. The minimum absolute atomic E-state index is 0.622. The van der Waals surface area contributed by atoms with Gasteiger partial charge in [0.2, 0.25) is 0 Å². The Labute approximate surface area is 402 Å². The molecule has 2 heterocycles. The van der Waals surface area contributed by atoms with Crippen LogP contribution >= 0.6 is 22.7 Å². The van der Waals surface area contributed by atoms with Gasteiger partial charge in [0.15, 0.2) is 0 Å². The second kappa shape index (κ2) is 23.9. The van der Waals surface area contributed by atoms with Gasteiger partial charge < -0.3 is 0 Å². The highest BCUT2D eigenvalue weighted by molar-refractivity contribution is 7.13. The molecule has 3 aromatic carbocycles. The fourth-order valence-corrected chi connectivity index (χ4v) is 23.7. The average molecular weight is 924 g/mol. The van der Waals surface area contributed by atoms with Crippen LogP contribution in [0, 0.1) is 22.9 Å². The van der Waals surface area contributed by atoms with Crippen LogP contribution in [0.25, 0.3) is 44.5 Å². The molecule has 0 radical (unpaired) electrons. The van der Waals surface area contributed by atoms with E-state index in [4.69, 9.17) is 0 Å². The number of unbranched alkanes of at least 4 members (excludes halogenated alkanes) is 6. The summed E-state index contributed by atoms with van der Waals surface area (Å²) in [6.45, 7) is 33.6. The van der Waals surface area contributed by atoms with Gasteiger partial charge in [-0.25, -0.2) is 0 Å². The number of benzene rings is 3. The third-order valence-electron chi connectivity index (χ3n) is 14.6. The molecule has 2 aromatic heterocycles. The quantitative estimate of drug-likeness (QED) is 0.0415. The molecule has 0 spiro atoms. The summed E-state index contributed by atoms with van der Waals surface area (Å²) < 4.78 is 0. The minimum Gasteiger partial charge on any atom is -0.131 e. The van der Waals surface area contributed by atoms with Crippen molar-refractivity contribution in [2.45, 2.75) is 194 Å². The molecule has 0 nitrogen and oxygen atoms in total.